The molecule has 0 bridgehead atoms. The van der Waals surface area contributed by atoms with Gasteiger partial charge in [0.1, 0.15) is 6.04 Å². The molecule has 2 aromatic carbocycles. The minimum Gasteiger partial charge on any atom is -0.326 e. The van der Waals surface area contributed by atoms with E-state index in [1.54, 1.807) is 12.1 Å². The van der Waals surface area contributed by atoms with E-state index in [1.165, 1.54) is 44.2 Å². The largest absolute Gasteiger partial charge is 0.404 e. The van der Waals surface area contributed by atoms with Gasteiger partial charge in [0.05, 0.1) is 11.0 Å². The first-order valence-electron chi connectivity index (χ1n) is 9.72. The molecule has 1 heterocycles. The maximum Gasteiger partial charge on any atom is 0.404 e. The summed E-state index contributed by atoms with van der Waals surface area (Å²) in [5.74, 6) is -1.97. The number of carbonyl (C=O) groups is 2. The molecule has 2 aromatic rings. The van der Waals surface area contributed by atoms with Gasteiger partial charge in [-0.3, -0.25) is 25.0 Å². The first-order valence-corrected chi connectivity index (χ1v) is 9.72. The molecule has 3 N–H and O–H groups in total. The number of anilines is 2. The summed E-state index contributed by atoms with van der Waals surface area (Å²) in [5.41, 5.74) is 1.23. The van der Waals surface area contributed by atoms with E-state index in [2.05, 4.69) is 16.0 Å². The lowest BCUT2D eigenvalue weighted by Gasteiger charge is -2.22. The van der Waals surface area contributed by atoms with Gasteiger partial charge in [0, 0.05) is 35.8 Å². The Morgan fingerprint density at radius 1 is 1.09 bits per heavy atom. The molecular weight excluding hydrogens is 429 g/mol. The number of hydrogen-bond acceptors (Lipinski definition) is 5. The summed E-state index contributed by atoms with van der Waals surface area (Å²) in [5, 5.41) is 18.5. The molecule has 3 atom stereocenters. The van der Waals surface area contributed by atoms with Crippen molar-refractivity contribution in [2.24, 2.45) is 0 Å². The molecule has 2 amide bonds. The Bertz CT molecular complexity index is 1040. The Hall–Kier alpha value is -3.47. The quantitative estimate of drug-likeness (QED) is 0.473. The molecule has 1 aliphatic heterocycles. The average Bonchev–Trinajstić information content (AvgIpc) is 3.15. The molecule has 0 saturated carbocycles. The first-order chi connectivity index (χ1) is 15.0. The average molecular weight is 450 g/mol. The van der Waals surface area contributed by atoms with Gasteiger partial charge in [-0.25, -0.2) is 0 Å². The van der Waals surface area contributed by atoms with Crippen LogP contribution in [0.1, 0.15) is 30.4 Å². The van der Waals surface area contributed by atoms with Gasteiger partial charge in [-0.2, -0.15) is 13.2 Å². The van der Waals surface area contributed by atoms with E-state index in [0.29, 0.717) is 11.4 Å². The second-order valence-electron chi connectivity index (χ2n) is 7.63. The molecular formula is C21H21F3N4O4. The molecule has 32 heavy (non-hydrogen) atoms. The number of nitrogens with zero attached hydrogens (tertiary/aromatic N) is 1. The monoisotopic (exact) mass is 450 g/mol. The molecule has 0 radical (unpaired) electrons. The lowest BCUT2D eigenvalue weighted by Crippen LogP contribution is -2.46. The summed E-state index contributed by atoms with van der Waals surface area (Å²) in [4.78, 5) is 34.1. The summed E-state index contributed by atoms with van der Waals surface area (Å²) >= 11 is 0. The zero-order chi connectivity index (χ0) is 23.6. The van der Waals surface area contributed by atoms with E-state index in [9.17, 15) is 32.9 Å². The third kappa shape index (κ3) is 5.22. The molecule has 3 rings (SSSR count). The number of nitrogens with one attached hydrogen (secondary N) is 3. The molecule has 0 aromatic heterocycles. The maximum atomic E-state index is 13.7. The van der Waals surface area contributed by atoms with Gasteiger partial charge < -0.3 is 10.6 Å². The molecule has 0 aliphatic carbocycles. The lowest BCUT2D eigenvalue weighted by atomic mass is 9.89. The predicted octanol–water partition coefficient (Wildman–Crippen LogP) is 3.88. The molecule has 0 spiro atoms. The van der Waals surface area contributed by atoms with Crippen LogP contribution in [-0.2, 0) is 9.59 Å². The van der Waals surface area contributed by atoms with Crippen LogP contribution >= 0.6 is 0 Å². The van der Waals surface area contributed by atoms with Gasteiger partial charge >= 0.3 is 6.18 Å². The molecule has 1 saturated heterocycles. The Labute approximate surface area is 181 Å². The van der Waals surface area contributed by atoms with Crippen molar-refractivity contribution < 1.29 is 27.7 Å². The van der Waals surface area contributed by atoms with Crippen LogP contribution < -0.4 is 16.0 Å². The summed E-state index contributed by atoms with van der Waals surface area (Å²) in [6, 6.07) is 6.93. The Kier molecular flexibility index (Phi) is 6.49. The van der Waals surface area contributed by atoms with E-state index in [1.807, 2.05) is 0 Å². The van der Waals surface area contributed by atoms with Crippen molar-refractivity contribution in [1.29, 1.82) is 0 Å². The zero-order valence-electron chi connectivity index (χ0n) is 17.2. The van der Waals surface area contributed by atoms with E-state index in [0.717, 1.165) is 0 Å². The van der Waals surface area contributed by atoms with E-state index in [-0.39, 0.29) is 29.1 Å². The van der Waals surface area contributed by atoms with Gasteiger partial charge in [-0.15, -0.1) is 0 Å². The number of benzene rings is 2. The van der Waals surface area contributed by atoms with Gasteiger partial charge in [-0.05, 0) is 49.2 Å². The van der Waals surface area contributed by atoms with Crippen LogP contribution in [0.15, 0.2) is 42.5 Å². The van der Waals surface area contributed by atoms with E-state index in [4.69, 9.17) is 0 Å². The van der Waals surface area contributed by atoms with E-state index >= 15 is 0 Å². The number of halogens is 3. The van der Waals surface area contributed by atoms with Gasteiger partial charge in [0.2, 0.25) is 11.8 Å². The minimum atomic E-state index is -4.62. The summed E-state index contributed by atoms with van der Waals surface area (Å²) in [6.07, 6.45) is -4.74. The fraction of sp³-hybridized carbons (Fsp3) is 0.333. The highest BCUT2D eigenvalue weighted by atomic mass is 19.4. The molecule has 8 nitrogen and oxygen atoms in total. The van der Waals surface area contributed by atoms with Crippen molar-refractivity contribution in [2.75, 3.05) is 10.6 Å². The van der Waals surface area contributed by atoms with Crippen molar-refractivity contribution in [1.82, 2.24) is 5.32 Å². The van der Waals surface area contributed by atoms with Gasteiger partial charge in [0.25, 0.3) is 5.69 Å². The molecule has 1 unspecified atom stereocenters. The van der Waals surface area contributed by atoms with Crippen LogP contribution in [-0.4, -0.2) is 35.0 Å². The standard InChI is InChI=1S/C21H21F3N4O4/c1-11-9-13(3-8-18(11)28(31)32)16-10-17(27-19(16)21(22,23)24)20(30)26-15-6-4-14(5-7-15)25-12(2)29/h3-9,16-17,19,27H,10H2,1-2H3,(H,25,29)(H,26,30)/t16?,17-,19+/m0/s1. The Morgan fingerprint density at radius 2 is 1.69 bits per heavy atom. The molecule has 170 valence electrons. The third-order valence-electron chi connectivity index (χ3n) is 5.26. The predicted molar refractivity (Wildman–Crippen MR) is 111 cm³/mol. The van der Waals surface area contributed by atoms with Crippen molar-refractivity contribution in [3.63, 3.8) is 0 Å². The normalized spacial score (nSPS) is 20.6. The number of alkyl halides is 3. The summed E-state index contributed by atoms with van der Waals surface area (Å²) < 4.78 is 41.0. The first kappa shape index (κ1) is 23.2. The highest BCUT2D eigenvalue weighted by Crippen LogP contribution is 2.40. The van der Waals surface area contributed by atoms with Crippen molar-refractivity contribution >= 4 is 28.9 Å². The third-order valence-corrected chi connectivity index (χ3v) is 5.26. The molecule has 1 aliphatic rings. The van der Waals surface area contributed by atoms with Crippen molar-refractivity contribution in [2.45, 2.75) is 44.4 Å². The van der Waals surface area contributed by atoms with Gasteiger partial charge in [0.15, 0.2) is 0 Å². The van der Waals surface area contributed by atoms with E-state index < -0.39 is 35.0 Å². The highest BCUT2D eigenvalue weighted by Gasteiger charge is 2.52. The number of nitro groups is 1. The fourth-order valence-electron chi connectivity index (χ4n) is 3.81. The van der Waals surface area contributed by atoms with Crippen molar-refractivity contribution in [3.05, 3.63) is 63.7 Å². The van der Waals surface area contributed by atoms with Crippen LogP contribution in [0.4, 0.5) is 30.2 Å². The summed E-state index contributed by atoms with van der Waals surface area (Å²) in [7, 11) is 0. The molecule has 11 heteroatoms. The summed E-state index contributed by atoms with van der Waals surface area (Å²) in [6.45, 7) is 2.81. The van der Waals surface area contributed by atoms with Crippen LogP contribution in [0.5, 0.6) is 0 Å². The SMILES string of the molecule is CC(=O)Nc1ccc(NC(=O)[C@@H]2CC(c3ccc([N+](=O)[O-])c(C)c3)[C@H](C(F)(F)F)N2)cc1. The van der Waals surface area contributed by atoms with Crippen LogP contribution in [0.25, 0.3) is 0 Å². The number of rotatable bonds is 5. The Balaban J connectivity index is 1.77. The van der Waals surface area contributed by atoms with Crippen molar-refractivity contribution in [3.8, 4) is 0 Å². The highest BCUT2D eigenvalue weighted by molar-refractivity contribution is 5.95. The zero-order valence-corrected chi connectivity index (χ0v) is 17.2. The van der Waals surface area contributed by atoms with Crippen LogP contribution in [0.3, 0.4) is 0 Å². The topological polar surface area (TPSA) is 113 Å². The lowest BCUT2D eigenvalue weighted by molar-refractivity contribution is -0.385. The number of amides is 2. The Morgan fingerprint density at radius 3 is 2.19 bits per heavy atom. The second kappa shape index (κ2) is 8.95. The second-order valence-corrected chi connectivity index (χ2v) is 7.63. The number of hydrogen-bond donors (Lipinski definition) is 3. The smallest absolute Gasteiger partial charge is 0.326 e. The van der Waals surface area contributed by atoms with Crippen LogP contribution in [0.2, 0.25) is 0 Å². The minimum absolute atomic E-state index is 0.128. The maximum absolute atomic E-state index is 13.7. The fourth-order valence-corrected chi connectivity index (χ4v) is 3.81. The number of carbonyl (C=O) groups excluding carboxylic acids is 2. The molecule has 1 fully saturated rings. The number of aryl methyl sites for hydroxylation is 1. The van der Waals surface area contributed by atoms with Gasteiger partial charge in [-0.1, -0.05) is 6.07 Å². The van der Waals surface area contributed by atoms with Crippen LogP contribution in [0, 0.1) is 17.0 Å². The number of nitro benzene ring substituents is 1.